The van der Waals surface area contributed by atoms with Crippen molar-refractivity contribution in [2.24, 2.45) is 4.99 Å². The number of ether oxygens (including phenoxy) is 2. The highest BCUT2D eigenvalue weighted by Crippen LogP contribution is 2.13. The summed E-state index contributed by atoms with van der Waals surface area (Å²) in [6.07, 6.45) is 3.16. The van der Waals surface area contributed by atoms with Gasteiger partial charge in [0.05, 0.1) is 12.6 Å². The summed E-state index contributed by atoms with van der Waals surface area (Å²) in [5, 5.41) is 11.3. The van der Waals surface area contributed by atoms with Crippen molar-refractivity contribution in [2.75, 3.05) is 27.3 Å². The zero-order valence-electron chi connectivity index (χ0n) is 15.2. The molecule has 2 rings (SSSR count). The van der Waals surface area contributed by atoms with Crippen LogP contribution in [0.1, 0.15) is 38.3 Å². The number of aromatic nitrogens is 3. The molecular formula is C16H30N6O2. The Morgan fingerprint density at radius 2 is 2.29 bits per heavy atom. The summed E-state index contributed by atoms with van der Waals surface area (Å²) in [6, 6.07) is 0.299. The highest BCUT2D eigenvalue weighted by molar-refractivity contribution is 5.79. The van der Waals surface area contributed by atoms with Gasteiger partial charge in [0.15, 0.2) is 11.8 Å². The lowest BCUT2D eigenvalue weighted by Crippen LogP contribution is -2.47. The fraction of sp³-hybridized carbons (Fsp3) is 0.812. The van der Waals surface area contributed by atoms with Gasteiger partial charge in [0.2, 0.25) is 0 Å². The van der Waals surface area contributed by atoms with Gasteiger partial charge in [0.25, 0.3) is 0 Å². The van der Waals surface area contributed by atoms with Gasteiger partial charge in [-0.3, -0.25) is 4.99 Å². The number of fused-ring (bicyclic) bond motifs is 1. The molecule has 2 N–H and O–H groups in total. The quantitative estimate of drug-likeness (QED) is 0.413. The first-order valence-corrected chi connectivity index (χ1v) is 8.62. The first-order chi connectivity index (χ1) is 11.6. The topological polar surface area (TPSA) is 85.6 Å². The number of aliphatic imine (C=N–C) groups is 1. The molecule has 1 aliphatic heterocycles. The lowest BCUT2D eigenvalue weighted by Gasteiger charge is -2.25. The summed E-state index contributed by atoms with van der Waals surface area (Å²) in [5.74, 6) is 2.61. The minimum absolute atomic E-state index is 0.282. The maximum absolute atomic E-state index is 5.54. The third kappa shape index (κ3) is 5.76. The van der Waals surface area contributed by atoms with Crippen LogP contribution in [-0.4, -0.2) is 60.2 Å². The van der Waals surface area contributed by atoms with Gasteiger partial charge >= 0.3 is 0 Å². The van der Waals surface area contributed by atoms with Crippen LogP contribution >= 0.6 is 0 Å². The van der Waals surface area contributed by atoms with Crippen molar-refractivity contribution < 1.29 is 9.47 Å². The molecule has 0 saturated carbocycles. The second-order valence-electron chi connectivity index (χ2n) is 6.21. The van der Waals surface area contributed by atoms with E-state index >= 15 is 0 Å². The molecular weight excluding hydrogens is 308 g/mol. The summed E-state index contributed by atoms with van der Waals surface area (Å²) >= 11 is 0. The van der Waals surface area contributed by atoms with Crippen molar-refractivity contribution in [3.05, 3.63) is 11.6 Å². The maximum atomic E-state index is 5.54. The van der Waals surface area contributed by atoms with Crippen LogP contribution in [-0.2, 0) is 29.0 Å². The van der Waals surface area contributed by atoms with Gasteiger partial charge in [-0.05, 0) is 26.7 Å². The third-order valence-corrected chi connectivity index (χ3v) is 3.80. The average molecular weight is 338 g/mol. The first kappa shape index (κ1) is 18.7. The molecule has 0 bridgehead atoms. The molecule has 24 heavy (non-hydrogen) atoms. The number of hydrogen-bond acceptors (Lipinski definition) is 5. The van der Waals surface area contributed by atoms with E-state index in [-0.39, 0.29) is 6.10 Å². The van der Waals surface area contributed by atoms with Crippen LogP contribution < -0.4 is 10.6 Å². The molecule has 136 valence electrons. The van der Waals surface area contributed by atoms with E-state index in [1.807, 2.05) is 18.5 Å². The molecule has 1 atom stereocenters. The van der Waals surface area contributed by atoms with Crippen LogP contribution in [0.15, 0.2) is 4.99 Å². The number of guanidine groups is 1. The molecule has 0 radical (unpaired) electrons. The molecule has 1 aliphatic rings. The second kappa shape index (κ2) is 9.58. The molecule has 1 aromatic rings. The molecule has 0 aromatic carbocycles. The fourth-order valence-corrected chi connectivity index (χ4v) is 2.65. The highest BCUT2D eigenvalue weighted by Gasteiger charge is 2.22. The van der Waals surface area contributed by atoms with Crippen LogP contribution in [0.5, 0.6) is 0 Å². The van der Waals surface area contributed by atoms with Gasteiger partial charge in [-0.2, -0.15) is 5.10 Å². The van der Waals surface area contributed by atoms with Crippen LogP contribution in [0.25, 0.3) is 0 Å². The van der Waals surface area contributed by atoms with Gasteiger partial charge in [-0.15, -0.1) is 0 Å². The Labute approximate surface area is 144 Å². The Morgan fingerprint density at radius 3 is 3.00 bits per heavy atom. The predicted octanol–water partition coefficient (Wildman–Crippen LogP) is 0.719. The van der Waals surface area contributed by atoms with Gasteiger partial charge < -0.3 is 20.1 Å². The third-order valence-electron chi connectivity index (χ3n) is 3.80. The summed E-state index contributed by atoms with van der Waals surface area (Å²) in [6.45, 7) is 6.95. The molecule has 0 spiro atoms. The smallest absolute Gasteiger partial charge is 0.191 e. The van der Waals surface area contributed by atoms with Crippen LogP contribution in [0, 0.1) is 0 Å². The van der Waals surface area contributed by atoms with Gasteiger partial charge in [0.1, 0.15) is 12.4 Å². The van der Waals surface area contributed by atoms with E-state index in [1.54, 1.807) is 14.2 Å². The van der Waals surface area contributed by atoms with Crippen LogP contribution in [0.4, 0.5) is 0 Å². The molecule has 0 fully saturated rings. The van der Waals surface area contributed by atoms with E-state index in [0.717, 1.165) is 56.6 Å². The number of nitrogens with one attached hydrogen (secondary N) is 2. The first-order valence-electron chi connectivity index (χ1n) is 8.62. The normalized spacial score (nSPS) is 17.9. The highest BCUT2D eigenvalue weighted by atomic mass is 16.5. The van der Waals surface area contributed by atoms with E-state index < -0.39 is 0 Å². The van der Waals surface area contributed by atoms with Crippen LogP contribution in [0.2, 0.25) is 0 Å². The van der Waals surface area contributed by atoms with Gasteiger partial charge in [0, 0.05) is 39.8 Å². The Bertz CT molecular complexity index is 529. The Morgan fingerprint density at radius 1 is 1.46 bits per heavy atom. The number of aryl methyl sites for hydroxylation is 1. The number of rotatable bonds is 8. The Balaban J connectivity index is 1.75. The lowest BCUT2D eigenvalue weighted by molar-refractivity contribution is 0.0776. The molecule has 1 aromatic heterocycles. The Hall–Kier alpha value is -1.67. The minimum atomic E-state index is 0.282. The monoisotopic (exact) mass is 338 g/mol. The molecule has 0 amide bonds. The second-order valence-corrected chi connectivity index (χ2v) is 6.21. The zero-order valence-corrected chi connectivity index (χ0v) is 15.2. The molecule has 8 heteroatoms. The van der Waals surface area contributed by atoms with E-state index in [1.165, 1.54) is 0 Å². The number of nitrogens with zero attached hydrogens (tertiary/aromatic N) is 4. The Kier molecular flexibility index (Phi) is 7.45. The average Bonchev–Trinajstić information content (AvgIpc) is 2.95. The maximum Gasteiger partial charge on any atom is 0.191 e. The number of hydrogen-bond donors (Lipinski definition) is 2. The lowest BCUT2D eigenvalue weighted by atomic mass is 10.1. The molecule has 1 unspecified atom stereocenters. The van der Waals surface area contributed by atoms with Crippen molar-refractivity contribution in [1.29, 1.82) is 0 Å². The fourth-order valence-electron chi connectivity index (χ4n) is 2.65. The van der Waals surface area contributed by atoms with Crippen molar-refractivity contribution in [3.63, 3.8) is 0 Å². The summed E-state index contributed by atoms with van der Waals surface area (Å²) in [7, 11) is 3.45. The van der Waals surface area contributed by atoms with Gasteiger partial charge in [-0.25, -0.2) is 9.67 Å². The zero-order chi connectivity index (χ0) is 17.4. The van der Waals surface area contributed by atoms with E-state index in [2.05, 4.69) is 25.7 Å². The standard InChI is InChI=1S/C16H30N6O2/c1-12(2)24-9-5-8-18-16(17-3)19-13-6-7-15-20-14(11-23-4)21-22(15)10-13/h12-13H,5-11H2,1-4H3,(H2,17,18,19). The van der Waals surface area contributed by atoms with Crippen molar-refractivity contribution in [1.82, 2.24) is 25.4 Å². The van der Waals surface area contributed by atoms with Crippen molar-refractivity contribution in [3.8, 4) is 0 Å². The van der Waals surface area contributed by atoms with Crippen LogP contribution in [0.3, 0.4) is 0 Å². The predicted molar refractivity (Wildman–Crippen MR) is 93.0 cm³/mol. The largest absolute Gasteiger partial charge is 0.379 e. The van der Waals surface area contributed by atoms with Crippen molar-refractivity contribution >= 4 is 5.96 Å². The summed E-state index contributed by atoms with van der Waals surface area (Å²) < 4.78 is 12.6. The minimum Gasteiger partial charge on any atom is -0.379 e. The molecule has 0 aliphatic carbocycles. The van der Waals surface area contributed by atoms with E-state index in [4.69, 9.17) is 9.47 Å². The molecule has 0 saturated heterocycles. The summed E-state index contributed by atoms with van der Waals surface area (Å²) in [5.41, 5.74) is 0. The molecule has 8 nitrogen and oxygen atoms in total. The SMILES string of the molecule is CN=C(NCCCOC(C)C)NC1CCc2nc(COC)nn2C1. The van der Waals surface area contributed by atoms with Crippen molar-refractivity contribution in [2.45, 2.75) is 58.4 Å². The van der Waals surface area contributed by atoms with Gasteiger partial charge in [-0.1, -0.05) is 0 Å². The molecule has 2 heterocycles. The summed E-state index contributed by atoms with van der Waals surface area (Å²) in [4.78, 5) is 8.79. The van der Waals surface area contributed by atoms with E-state index in [0.29, 0.717) is 12.6 Å². The van der Waals surface area contributed by atoms with E-state index in [9.17, 15) is 0 Å². The number of methoxy groups -OCH3 is 1.